The van der Waals surface area contributed by atoms with E-state index in [1.165, 1.54) is 4.90 Å². The van der Waals surface area contributed by atoms with Crippen molar-refractivity contribution in [2.45, 2.75) is 31.8 Å². The largest absolute Gasteiger partial charge is 0.271 e. The molecule has 2 amide bonds. The molecule has 0 N–H and O–H groups in total. The van der Waals surface area contributed by atoms with Crippen molar-refractivity contribution in [3.05, 3.63) is 30.3 Å². The van der Waals surface area contributed by atoms with E-state index in [9.17, 15) is 9.59 Å². The Labute approximate surface area is 117 Å². The number of unbranched alkanes of at least 4 members (excludes halogenated alkanes) is 1. The number of hydrogen-bond acceptors (Lipinski definition) is 5. The van der Waals surface area contributed by atoms with Crippen molar-refractivity contribution in [3.8, 4) is 0 Å². The van der Waals surface area contributed by atoms with Gasteiger partial charge >= 0.3 is 0 Å². The Bertz CT molecular complexity index is 558. The van der Waals surface area contributed by atoms with Crippen LogP contribution in [0.2, 0.25) is 0 Å². The van der Waals surface area contributed by atoms with Crippen LogP contribution in [0.3, 0.4) is 0 Å². The molecule has 6 nitrogen and oxygen atoms in total. The molecule has 2 aliphatic heterocycles. The summed E-state index contributed by atoms with van der Waals surface area (Å²) in [5, 5.41) is 9.60. The molecule has 104 valence electrons. The molecule has 3 rings (SSSR count). The number of amides is 2. The zero-order valence-corrected chi connectivity index (χ0v) is 11.3. The predicted molar refractivity (Wildman–Crippen MR) is 73.0 cm³/mol. The van der Waals surface area contributed by atoms with E-state index in [0.717, 1.165) is 12.8 Å². The van der Waals surface area contributed by atoms with Gasteiger partial charge < -0.3 is 0 Å². The van der Waals surface area contributed by atoms with Crippen LogP contribution in [-0.4, -0.2) is 35.5 Å². The first-order valence-corrected chi connectivity index (χ1v) is 6.84. The van der Waals surface area contributed by atoms with Gasteiger partial charge in [0.05, 0.1) is 5.69 Å². The van der Waals surface area contributed by atoms with Gasteiger partial charge in [-0.15, -0.1) is 0 Å². The third-order valence-corrected chi connectivity index (χ3v) is 3.61. The van der Waals surface area contributed by atoms with E-state index in [2.05, 4.69) is 17.3 Å². The summed E-state index contributed by atoms with van der Waals surface area (Å²) >= 11 is 0. The monoisotopic (exact) mass is 272 g/mol. The zero-order valence-electron chi connectivity index (χ0n) is 11.3. The van der Waals surface area contributed by atoms with Crippen molar-refractivity contribution in [1.82, 2.24) is 5.01 Å². The van der Waals surface area contributed by atoms with Crippen LogP contribution in [0.1, 0.15) is 19.8 Å². The summed E-state index contributed by atoms with van der Waals surface area (Å²) in [5.41, 5.74) is 0.600. The lowest BCUT2D eigenvalue weighted by molar-refractivity contribution is -0.123. The average Bonchev–Trinajstić information content (AvgIpc) is 2.99. The number of rotatable bonds is 4. The number of carbonyl (C=O) groups is 2. The van der Waals surface area contributed by atoms with Crippen LogP contribution in [0.5, 0.6) is 0 Å². The highest BCUT2D eigenvalue weighted by Gasteiger charge is 2.54. The first-order valence-electron chi connectivity index (χ1n) is 6.84. The topological polar surface area (TPSA) is 65.3 Å². The van der Waals surface area contributed by atoms with Crippen molar-refractivity contribution >= 4 is 17.5 Å². The molecule has 0 aliphatic carbocycles. The van der Waals surface area contributed by atoms with E-state index in [1.807, 2.05) is 6.07 Å². The molecule has 6 heteroatoms. The van der Waals surface area contributed by atoms with Gasteiger partial charge in [0.1, 0.15) is 0 Å². The van der Waals surface area contributed by atoms with Crippen LogP contribution in [0.4, 0.5) is 5.69 Å². The Morgan fingerprint density at radius 3 is 2.60 bits per heavy atom. The number of anilines is 1. The SMILES string of the molecule is CCCCN1N=N[C@H]2C(=O)N(c3ccccc3)C(=O)[C@H]21. The summed E-state index contributed by atoms with van der Waals surface area (Å²) in [7, 11) is 0. The summed E-state index contributed by atoms with van der Waals surface area (Å²) in [4.78, 5) is 26.1. The van der Waals surface area contributed by atoms with Crippen molar-refractivity contribution in [2.24, 2.45) is 10.3 Å². The maximum atomic E-state index is 12.5. The Morgan fingerprint density at radius 2 is 1.90 bits per heavy atom. The molecule has 0 bridgehead atoms. The molecule has 2 aliphatic rings. The molecule has 0 saturated carbocycles. The van der Waals surface area contributed by atoms with E-state index in [1.54, 1.807) is 29.3 Å². The highest BCUT2D eigenvalue weighted by molar-refractivity contribution is 6.25. The predicted octanol–water partition coefficient (Wildman–Crippen LogP) is 1.78. The molecule has 0 spiro atoms. The number of para-hydroxylation sites is 1. The van der Waals surface area contributed by atoms with E-state index in [-0.39, 0.29) is 11.8 Å². The fourth-order valence-electron chi connectivity index (χ4n) is 2.56. The quantitative estimate of drug-likeness (QED) is 0.785. The molecule has 2 atom stereocenters. The lowest BCUT2D eigenvalue weighted by Crippen LogP contribution is -2.40. The summed E-state index contributed by atoms with van der Waals surface area (Å²) in [6.45, 7) is 2.73. The van der Waals surface area contributed by atoms with Crippen LogP contribution in [0.15, 0.2) is 40.7 Å². The molecule has 1 saturated heterocycles. The zero-order chi connectivity index (χ0) is 14.1. The number of hydrogen-bond donors (Lipinski definition) is 0. The molecule has 0 radical (unpaired) electrons. The summed E-state index contributed by atoms with van der Waals surface area (Å²) in [6.07, 6.45) is 1.93. The number of carbonyl (C=O) groups excluding carboxylic acids is 2. The van der Waals surface area contributed by atoms with Crippen LogP contribution in [-0.2, 0) is 9.59 Å². The number of imide groups is 1. The minimum Gasteiger partial charge on any atom is -0.271 e. The third-order valence-electron chi connectivity index (χ3n) is 3.61. The second kappa shape index (κ2) is 5.03. The van der Waals surface area contributed by atoms with Gasteiger partial charge in [-0.1, -0.05) is 36.8 Å². The Balaban J connectivity index is 1.86. The average molecular weight is 272 g/mol. The van der Waals surface area contributed by atoms with E-state index in [0.29, 0.717) is 12.2 Å². The second-order valence-corrected chi connectivity index (χ2v) is 4.96. The second-order valence-electron chi connectivity index (χ2n) is 4.96. The molecule has 2 heterocycles. The fourth-order valence-corrected chi connectivity index (χ4v) is 2.56. The van der Waals surface area contributed by atoms with Gasteiger partial charge in [0.2, 0.25) is 0 Å². The van der Waals surface area contributed by atoms with Crippen LogP contribution < -0.4 is 4.90 Å². The molecule has 20 heavy (non-hydrogen) atoms. The number of nitrogens with zero attached hydrogens (tertiary/aromatic N) is 4. The highest BCUT2D eigenvalue weighted by Crippen LogP contribution is 2.31. The highest BCUT2D eigenvalue weighted by atomic mass is 16.2. The molecule has 0 unspecified atom stereocenters. The molecule has 1 aromatic carbocycles. The van der Waals surface area contributed by atoms with Crippen molar-refractivity contribution in [1.29, 1.82) is 0 Å². The number of fused-ring (bicyclic) bond motifs is 1. The summed E-state index contributed by atoms with van der Waals surface area (Å²) in [5.74, 6) is -0.513. The van der Waals surface area contributed by atoms with Gasteiger partial charge in [0.15, 0.2) is 12.1 Å². The first kappa shape index (κ1) is 12.8. The first-order chi connectivity index (χ1) is 9.74. The van der Waals surface area contributed by atoms with Crippen molar-refractivity contribution in [2.75, 3.05) is 11.4 Å². The summed E-state index contributed by atoms with van der Waals surface area (Å²) < 4.78 is 0. The van der Waals surface area contributed by atoms with Gasteiger partial charge in [-0.2, -0.15) is 5.11 Å². The normalized spacial score (nSPS) is 24.6. The molecular weight excluding hydrogens is 256 g/mol. The van der Waals surface area contributed by atoms with Gasteiger partial charge in [-0.25, -0.2) is 4.90 Å². The summed E-state index contributed by atoms with van der Waals surface area (Å²) in [6, 6.07) is 7.73. The fraction of sp³-hybridized carbons (Fsp3) is 0.429. The standard InChI is InChI=1S/C14H16N4O2/c1-2-3-9-17-12-11(15-16-17)13(19)18(14(12)20)10-7-5-4-6-8-10/h4-8,11-12H,2-3,9H2,1H3/t11-,12+/m1/s1. The van der Waals surface area contributed by atoms with Crippen molar-refractivity contribution < 1.29 is 9.59 Å². The van der Waals surface area contributed by atoms with Gasteiger partial charge in [0, 0.05) is 6.54 Å². The number of benzene rings is 1. The molecule has 0 aromatic heterocycles. The molecular formula is C14H16N4O2. The maximum Gasteiger partial charge on any atom is 0.263 e. The van der Waals surface area contributed by atoms with Crippen LogP contribution >= 0.6 is 0 Å². The Morgan fingerprint density at radius 1 is 1.15 bits per heavy atom. The minimum atomic E-state index is -0.681. The third kappa shape index (κ3) is 1.88. The van der Waals surface area contributed by atoms with Crippen LogP contribution in [0.25, 0.3) is 0 Å². The van der Waals surface area contributed by atoms with Crippen molar-refractivity contribution in [3.63, 3.8) is 0 Å². The Kier molecular flexibility index (Phi) is 3.22. The van der Waals surface area contributed by atoms with E-state index < -0.39 is 12.1 Å². The van der Waals surface area contributed by atoms with E-state index in [4.69, 9.17) is 0 Å². The maximum absolute atomic E-state index is 12.5. The van der Waals surface area contributed by atoms with E-state index >= 15 is 0 Å². The molecule has 1 fully saturated rings. The lowest BCUT2D eigenvalue weighted by Gasteiger charge is -2.20. The Hall–Kier alpha value is -2.24. The lowest BCUT2D eigenvalue weighted by atomic mass is 10.1. The van der Waals surface area contributed by atoms with Gasteiger partial charge in [-0.3, -0.25) is 14.6 Å². The van der Waals surface area contributed by atoms with Gasteiger partial charge in [0.25, 0.3) is 11.8 Å². The van der Waals surface area contributed by atoms with Gasteiger partial charge in [-0.05, 0) is 18.6 Å². The smallest absolute Gasteiger partial charge is 0.263 e. The van der Waals surface area contributed by atoms with Crippen LogP contribution in [0, 0.1) is 0 Å². The molecule has 1 aromatic rings. The minimum absolute atomic E-state index is 0.229.